The van der Waals surface area contributed by atoms with Gasteiger partial charge in [-0.3, -0.25) is 4.79 Å². The molecule has 0 saturated carbocycles. The SMILES string of the molecule is Cc1ccccc1-c1noc(C2CCCN(C(=O)c3ccc(F)cc3)C2)n1. The van der Waals surface area contributed by atoms with Crippen molar-refractivity contribution in [3.8, 4) is 11.4 Å². The molecule has 27 heavy (non-hydrogen) atoms. The number of halogens is 1. The molecule has 5 nitrogen and oxygen atoms in total. The lowest BCUT2D eigenvalue weighted by molar-refractivity contribution is 0.0695. The zero-order chi connectivity index (χ0) is 18.8. The molecule has 138 valence electrons. The number of aromatic nitrogens is 2. The maximum absolute atomic E-state index is 13.1. The Balaban J connectivity index is 1.51. The number of nitrogens with zero attached hydrogens (tertiary/aromatic N) is 3. The van der Waals surface area contributed by atoms with Crippen LogP contribution in [0.4, 0.5) is 4.39 Å². The Hall–Kier alpha value is -3.02. The van der Waals surface area contributed by atoms with Crippen LogP contribution in [0.5, 0.6) is 0 Å². The largest absolute Gasteiger partial charge is 0.339 e. The molecule has 4 rings (SSSR count). The summed E-state index contributed by atoms with van der Waals surface area (Å²) in [6, 6.07) is 13.5. The number of amides is 1. The molecule has 0 spiro atoms. The molecule has 1 fully saturated rings. The fraction of sp³-hybridized carbons (Fsp3) is 0.286. The Kier molecular flexibility index (Phi) is 4.71. The van der Waals surface area contributed by atoms with Gasteiger partial charge in [-0.1, -0.05) is 29.4 Å². The van der Waals surface area contributed by atoms with Crippen LogP contribution in [0.1, 0.15) is 40.6 Å². The van der Waals surface area contributed by atoms with Crippen molar-refractivity contribution in [1.29, 1.82) is 0 Å². The van der Waals surface area contributed by atoms with E-state index in [0.29, 0.717) is 30.4 Å². The first kappa shape index (κ1) is 17.4. The molecule has 2 heterocycles. The predicted molar refractivity (Wildman–Crippen MR) is 98.7 cm³/mol. The van der Waals surface area contributed by atoms with Crippen molar-refractivity contribution in [2.45, 2.75) is 25.7 Å². The Morgan fingerprint density at radius 3 is 2.74 bits per heavy atom. The number of piperidine rings is 1. The second kappa shape index (κ2) is 7.31. The van der Waals surface area contributed by atoms with Crippen molar-refractivity contribution in [2.75, 3.05) is 13.1 Å². The van der Waals surface area contributed by atoms with E-state index in [0.717, 1.165) is 24.0 Å². The fourth-order valence-corrected chi connectivity index (χ4v) is 3.47. The van der Waals surface area contributed by atoms with Crippen LogP contribution >= 0.6 is 0 Å². The minimum atomic E-state index is -0.349. The van der Waals surface area contributed by atoms with Crippen molar-refractivity contribution < 1.29 is 13.7 Å². The molecule has 1 unspecified atom stereocenters. The van der Waals surface area contributed by atoms with Gasteiger partial charge in [0.2, 0.25) is 11.7 Å². The van der Waals surface area contributed by atoms with E-state index >= 15 is 0 Å². The van der Waals surface area contributed by atoms with E-state index in [-0.39, 0.29) is 17.6 Å². The topological polar surface area (TPSA) is 59.2 Å². The van der Waals surface area contributed by atoms with Crippen molar-refractivity contribution in [3.05, 3.63) is 71.4 Å². The number of benzene rings is 2. The van der Waals surface area contributed by atoms with Crippen molar-refractivity contribution in [1.82, 2.24) is 15.0 Å². The van der Waals surface area contributed by atoms with Gasteiger partial charge < -0.3 is 9.42 Å². The van der Waals surface area contributed by atoms with Crippen LogP contribution in [0.15, 0.2) is 53.1 Å². The van der Waals surface area contributed by atoms with Gasteiger partial charge in [-0.05, 0) is 49.6 Å². The second-order valence-electron chi connectivity index (χ2n) is 6.87. The Labute approximate surface area is 156 Å². The summed E-state index contributed by atoms with van der Waals surface area (Å²) < 4.78 is 18.6. The van der Waals surface area contributed by atoms with E-state index < -0.39 is 0 Å². The first-order valence-corrected chi connectivity index (χ1v) is 9.06. The third-order valence-corrected chi connectivity index (χ3v) is 4.98. The molecule has 6 heteroatoms. The van der Waals surface area contributed by atoms with E-state index in [1.54, 1.807) is 4.90 Å². The Morgan fingerprint density at radius 2 is 1.96 bits per heavy atom. The second-order valence-corrected chi connectivity index (χ2v) is 6.87. The Bertz CT molecular complexity index is 952. The van der Waals surface area contributed by atoms with E-state index in [9.17, 15) is 9.18 Å². The molecular formula is C21H20FN3O2. The molecule has 1 atom stereocenters. The van der Waals surface area contributed by atoms with Gasteiger partial charge in [0, 0.05) is 24.2 Å². The summed E-state index contributed by atoms with van der Waals surface area (Å²) >= 11 is 0. The maximum Gasteiger partial charge on any atom is 0.253 e. The van der Waals surface area contributed by atoms with Crippen LogP contribution in [0.25, 0.3) is 11.4 Å². The summed E-state index contributed by atoms with van der Waals surface area (Å²) in [5.41, 5.74) is 2.52. The lowest BCUT2D eigenvalue weighted by Gasteiger charge is -2.31. The van der Waals surface area contributed by atoms with E-state index in [1.807, 2.05) is 31.2 Å². The number of hydrogen-bond acceptors (Lipinski definition) is 4. The highest BCUT2D eigenvalue weighted by Gasteiger charge is 2.29. The first-order chi connectivity index (χ1) is 13.1. The highest BCUT2D eigenvalue weighted by molar-refractivity contribution is 5.94. The number of carbonyl (C=O) groups is 1. The standard InChI is InChI=1S/C21H20FN3O2/c1-14-5-2-3-7-18(14)19-23-20(27-24-19)16-6-4-12-25(13-16)21(26)15-8-10-17(22)11-9-15/h2-3,5,7-11,16H,4,6,12-13H2,1H3. The number of carbonyl (C=O) groups excluding carboxylic acids is 1. The van der Waals surface area contributed by atoms with Gasteiger partial charge >= 0.3 is 0 Å². The number of aryl methyl sites for hydroxylation is 1. The molecule has 1 saturated heterocycles. The highest BCUT2D eigenvalue weighted by atomic mass is 19.1. The van der Waals surface area contributed by atoms with Crippen LogP contribution in [-0.4, -0.2) is 34.0 Å². The van der Waals surface area contributed by atoms with Crippen molar-refractivity contribution >= 4 is 5.91 Å². The Morgan fingerprint density at radius 1 is 1.19 bits per heavy atom. The summed E-state index contributed by atoms with van der Waals surface area (Å²) in [4.78, 5) is 19.1. The summed E-state index contributed by atoms with van der Waals surface area (Å²) in [6.45, 7) is 3.20. The molecule has 0 bridgehead atoms. The minimum Gasteiger partial charge on any atom is -0.339 e. The zero-order valence-corrected chi connectivity index (χ0v) is 15.1. The highest BCUT2D eigenvalue weighted by Crippen LogP contribution is 2.29. The number of likely N-dealkylation sites (tertiary alicyclic amines) is 1. The molecule has 0 N–H and O–H groups in total. The molecular weight excluding hydrogens is 345 g/mol. The molecule has 3 aromatic rings. The number of hydrogen-bond donors (Lipinski definition) is 0. The van der Waals surface area contributed by atoms with Gasteiger partial charge in [0.05, 0.1) is 5.92 Å². The average Bonchev–Trinajstić information content (AvgIpc) is 3.18. The van der Waals surface area contributed by atoms with Gasteiger partial charge in [-0.15, -0.1) is 0 Å². The lowest BCUT2D eigenvalue weighted by Crippen LogP contribution is -2.39. The van der Waals surface area contributed by atoms with Crippen LogP contribution in [-0.2, 0) is 0 Å². The van der Waals surface area contributed by atoms with Gasteiger partial charge in [-0.25, -0.2) is 4.39 Å². The van der Waals surface area contributed by atoms with E-state index in [2.05, 4.69) is 10.1 Å². The van der Waals surface area contributed by atoms with Gasteiger partial charge in [0.15, 0.2) is 0 Å². The molecule has 2 aromatic carbocycles. The summed E-state index contributed by atoms with van der Waals surface area (Å²) in [7, 11) is 0. The minimum absolute atomic E-state index is 0.00779. The van der Waals surface area contributed by atoms with Crippen LogP contribution in [0.2, 0.25) is 0 Å². The van der Waals surface area contributed by atoms with Crippen LogP contribution in [0.3, 0.4) is 0 Å². The molecule has 1 amide bonds. The maximum atomic E-state index is 13.1. The van der Waals surface area contributed by atoms with Crippen LogP contribution < -0.4 is 0 Å². The average molecular weight is 365 g/mol. The molecule has 1 aliphatic heterocycles. The van der Waals surface area contributed by atoms with E-state index in [4.69, 9.17) is 4.52 Å². The summed E-state index contributed by atoms with van der Waals surface area (Å²) in [5.74, 6) is 0.694. The smallest absolute Gasteiger partial charge is 0.253 e. The molecule has 0 aliphatic carbocycles. The van der Waals surface area contributed by atoms with Crippen molar-refractivity contribution in [2.24, 2.45) is 0 Å². The third kappa shape index (κ3) is 3.60. The van der Waals surface area contributed by atoms with Gasteiger partial charge in [-0.2, -0.15) is 4.98 Å². The van der Waals surface area contributed by atoms with Gasteiger partial charge in [0.25, 0.3) is 5.91 Å². The quantitative estimate of drug-likeness (QED) is 0.698. The van der Waals surface area contributed by atoms with Crippen LogP contribution in [0, 0.1) is 12.7 Å². The molecule has 0 radical (unpaired) electrons. The molecule has 1 aromatic heterocycles. The monoisotopic (exact) mass is 365 g/mol. The predicted octanol–water partition coefficient (Wildman–Crippen LogP) is 4.20. The molecule has 1 aliphatic rings. The first-order valence-electron chi connectivity index (χ1n) is 9.06. The zero-order valence-electron chi connectivity index (χ0n) is 15.1. The van der Waals surface area contributed by atoms with Crippen molar-refractivity contribution in [3.63, 3.8) is 0 Å². The lowest BCUT2D eigenvalue weighted by atomic mass is 9.97. The fourth-order valence-electron chi connectivity index (χ4n) is 3.47. The summed E-state index contributed by atoms with van der Waals surface area (Å²) in [6.07, 6.45) is 1.75. The summed E-state index contributed by atoms with van der Waals surface area (Å²) in [5, 5.41) is 4.13. The number of rotatable bonds is 3. The third-order valence-electron chi connectivity index (χ3n) is 4.98. The van der Waals surface area contributed by atoms with E-state index in [1.165, 1.54) is 24.3 Å². The normalized spacial score (nSPS) is 17.1. The van der Waals surface area contributed by atoms with Gasteiger partial charge in [0.1, 0.15) is 5.82 Å².